The number of aromatic nitrogens is 4. The Morgan fingerprint density at radius 1 is 1.26 bits per heavy atom. The maximum absolute atomic E-state index is 12.9. The number of rotatable bonds is 5. The number of aryl methyl sites for hydroxylation is 2. The monoisotopic (exact) mass is 370 g/mol. The minimum absolute atomic E-state index is 0.223. The number of benzene rings is 1. The summed E-state index contributed by atoms with van der Waals surface area (Å²) in [5.41, 5.74) is 1.73. The second-order valence-corrected chi connectivity index (χ2v) is 5.93. The number of amides is 2. The Bertz CT molecular complexity index is 1010. The summed E-state index contributed by atoms with van der Waals surface area (Å²) in [4.78, 5) is 31.0. The van der Waals surface area contributed by atoms with Crippen molar-refractivity contribution in [3.8, 4) is 5.95 Å². The molecule has 0 bridgehead atoms. The van der Waals surface area contributed by atoms with Crippen LogP contribution >= 0.6 is 0 Å². The molecule has 140 valence electrons. The molecule has 2 aromatic heterocycles. The lowest BCUT2D eigenvalue weighted by Gasteiger charge is -2.10. The number of urea groups is 1. The van der Waals surface area contributed by atoms with Gasteiger partial charge in [0.2, 0.25) is 5.95 Å². The summed E-state index contributed by atoms with van der Waals surface area (Å²) in [6.07, 6.45) is 0.595. The number of halogens is 1. The molecule has 2 amide bonds. The predicted octanol–water partition coefficient (Wildman–Crippen LogP) is 2.29. The standard InChI is InChI=1S/C18H19FN6O2/c1-3-14-9-16(26)23-17(21-14)25-15(8-11(2)24-25)22-18(27)20-10-12-4-6-13(19)7-5-12/h4-9H,3,10H2,1-2H3,(H2,20,22,27)(H,21,23,26). The number of hydrogen-bond donors (Lipinski definition) is 3. The highest BCUT2D eigenvalue weighted by atomic mass is 19.1. The zero-order chi connectivity index (χ0) is 19.4. The zero-order valence-electron chi connectivity index (χ0n) is 14.9. The van der Waals surface area contributed by atoms with Gasteiger partial charge in [0.15, 0.2) is 0 Å². The summed E-state index contributed by atoms with van der Waals surface area (Å²) in [6.45, 7) is 3.89. The van der Waals surface area contributed by atoms with E-state index < -0.39 is 6.03 Å². The highest BCUT2D eigenvalue weighted by Crippen LogP contribution is 2.14. The summed E-state index contributed by atoms with van der Waals surface area (Å²) in [5.74, 6) is 0.250. The Balaban J connectivity index is 1.76. The third-order valence-electron chi connectivity index (χ3n) is 3.78. The highest BCUT2D eigenvalue weighted by Gasteiger charge is 2.13. The quantitative estimate of drug-likeness (QED) is 0.641. The number of hydrogen-bond acceptors (Lipinski definition) is 4. The number of H-pyrrole nitrogens is 1. The van der Waals surface area contributed by atoms with Crippen molar-refractivity contribution >= 4 is 11.8 Å². The van der Waals surface area contributed by atoms with Crippen molar-refractivity contribution in [2.24, 2.45) is 0 Å². The molecule has 0 unspecified atom stereocenters. The molecule has 0 aliphatic carbocycles. The van der Waals surface area contributed by atoms with Gasteiger partial charge in [-0.2, -0.15) is 9.78 Å². The maximum atomic E-state index is 12.9. The fraction of sp³-hybridized carbons (Fsp3) is 0.222. The van der Waals surface area contributed by atoms with E-state index in [1.807, 2.05) is 6.92 Å². The van der Waals surface area contributed by atoms with Crippen LogP contribution in [0.4, 0.5) is 15.0 Å². The van der Waals surface area contributed by atoms with Crippen LogP contribution in [0.2, 0.25) is 0 Å². The topological polar surface area (TPSA) is 105 Å². The molecule has 27 heavy (non-hydrogen) atoms. The first-order valence-electron chi connectivity index (χ1n) is 8.41. The van der Waals surface area contributed by atoms with Crippen molar-refractivity contribution in [3.63, 3.8) is 0 Å². The SMILES string of the molecule is CCc1cc(=O)[nH]c(-n2nc(C)cc2NC(=O)NCc2ccc(F)cc2)n1. The van der Waals surface area contributed by atoms with Crippen LogP contribution in [0.25, 0.3) is 5.95 Å². The Morgan fingerprint density at radius 2 is 2.00 bits per heavy atom. The van der Waals surface area contributed by atoms with Crippen LogP contribution in [0.15, 0.2) is 41.2 Å². The summed E-state index contributed by atoms with van der Waals surface area (Å²) in [5, 5.41) is 9.64. The van der Waals surface area contributed by atoms with Crippen molar-refractivity contribution in [2.75, 3.05) is 5.32 Å². The van der Waals surface area contributed by atoms with Crippen LogP contribution in [0, 0.1) is 12.7 Å². The summed E-state index contributed by atoms with van der Waals surface area (Å²) >= 11 is 0. The van der Waals surface area contributed by atoms with Crippen LogP contribution in [-0.2, 0) is 13.0 Å². The minimum atomic E-state index is -0.463. The molecule has 0 atom stereocenters. The molecule has 9 heteroatoms. The van der Waals surface area contributed by atoms with Gasteiger partial charge in [-0.25, -0.2) is 14.2 Å². The van der Waals surface area contributed by atoms with Crippen LogP contribution in [-0.4, -0.2) is 25.8 Å². The normalized spacial score (nSPS) is 10.6. The molecule has 0 fully saturated rings. The van der Waals surface area contributed by atoms with Gasteiger partial charge in [0.25, 0.3) is 5.56 Å². The lowest BCUT2D eigenvalue weighted by atomic mass is 10.2. The number of carbonyl (C=O) groups is 1. The lowest BCUT2D eigenvalue weighted by molar-refractivity contribution is 0.251. The molecule has 1 aromatic carbocycles. The Kier molecular flexibility index (Phi) is 5.30. The van der Waals surface area contributed by atoms with Gasteiger partial charge in [-0.05, 0) is 31.0 Å². The second kappa shape index (κ2) is 7.81. The fourth-order valence-electron chi connectivity index (χ4n) is 2.47. The second-order valence-electron chi connectivity index (χ2n) is 5.93. The number of carbonyl (C=O) groups excluding carboxylic acids is 1. The van der Waals surface area contributed by atoms with Gasteiger partial charge in [-0.1, -0.05) is 19.1 Å². The van der Waals surface area contributed by atoms with Gasteiger partial charge < -0.3 is 5.32 Å². The van der Waals surface area contributed by atoms with Gasteiger partial charge in [-0.3, -0.25) is 15.1 Å². The number of nitrogens with zero attached hydrogens (tertiary/aromatic N) is 3. The average Bonchev–Trinajstić information content (AvgIpc) is 3.01. The van der Waals surface area contributed by atoms with Gasteiger partial charge in [-0.15, -0.1) is 0 Å². The molecule has 0 radical (unpaired) electrons. The molecule has 8 nitrogen and oxygen atoms in total. The van der Waals surface area contributed by atoms with Crippen molar-refractivity contribution in [1.82, 2.24) is 25.1 Å². The summed E-state index contributed by atoms with van der Waals surface area (Å²) in [7, 11) is 0. The van der Waals surface area contributed by atoms with E-state index in [1.54, 1.807) is 25.1 Å². The van der Waals surface area contributed by atoms with E-state index >= 15 is 0 Å². The van der Waals surface area contributed by atoms with E-state index in [0.717, 1.165) is 5.56 Å². The van der Waals surface area contributed by atoms with Crippen LogP contribution in [0.5, 0.6) is 0 Å². The zero-order valence-corrected chi connectivity index (χ0v) is 14.9. The number of aromatic amines is 1. The van der Waals surface area contributed by atoms with Crippen LogP contribution in [0.3, 0.4) is 0 Å². The third-order valence-corrected chi connectivity index (χ3v) is 3.78. The Labute approximate surface area is 154 Å². The van der Waals surface area contributed by atoms with E-state index in [0.29, 0.717) is 23.6 Å². The van der Waals surface area contributed by atoms with Crippen molar-refractivity contribution in [3.05, 3.63) is 69.5 Å². The van der Waals surface area contributed by atoms with Gasteiger partial charge >= 0.3 is 6.03 Å². The molecular weight excluding hydrogens is 351 g/mol. The van der Waals surface area contributed by atoms with E-state index in [-0.39, 0.29) is 23.9 Å². The van der Waals surface area contributed by atoms with Crippen LogP contribution < -0.4 is 16.2 Å². The first kappa shape index (κ1) is 18.3. The number of anilines is 1. The Hall–Kier alpha value is -3.49. The van der Waals surface area contributed by atoms with Crippen molar-refractivity contribution in [2.45, 2.75) is 26.8 Å². The largest absolute Gasteiger partial charge is 0.334 e. The van der Waals surface area contributed by atoms with Gasteiger partial charge in [0.05, 0.1) is 5.69 Å². The molecule has 0 saturated heterocycles. The van der Waals surface area contributed by atoms with E-state index in [1.165, 1.54) is 22.9 Å². The fourth-order valence-corrected chi connectivity index (χ4v) is 2.47. The minimum Gasteiger partial charge on any atom is -0.334 e. The Morgan fingerprint density at radius 3 is 2.70 bits per heavy atom. The van der Waals surface area contributed by atoms with E-state index in [2.05, 4.69) is 25.7 Å². The van der Waals surface area contributed by atoms with Crippen molar-refractivity contribution in [1.29, 1.82) is 0 Å². The molecule has 3 rings (SSSR count). The molecule has 3 aromatic rings. The molecular formula is C18H19FN6O2. The average molecular weight is 370 g/mol. The van der Waals surface area contributed by atoms with Gasteiger partial charge in [0, 0.05) is 24.4 Å². The summed E-state index contributed by atoms with van der Waals surface area (Å²) in [6, 6.07) is 8.46. The van der Waals surface area contributed by atoms with Gasteiger partial charge in [0.1, 0.15) is 11.6 Å². The van der Waals surface area contributed by atoms with Crippen molar-refractivity contribution < 1.29 is 9.18 Å². The smallest absolute Gasteiger partial charge is 0.320 e. The lowest BCUT2D eigenvalue weighted by Crippen LogP contribution is -2.29. The maximum Gasteiger partial charge on any atom is 0.320 e. The first-order chi connectivity index (χ1) is 12.9. The first-order valence-corrected chi connectivity index (χ1v) is 8.41. The molecule has 0 spiro atoms. The van der Waals surface area contributed by atoms with Crippen LogP contribution in [0.1, 0.15) is 23.9 Å². The molecule has 0 saturated carbocycles. The third kappa shape index (κ3) is 4.57. The molecule has 0 aliphatic heterocycles. The van der Waals surface area contributed by atoms with E-state index in [9.17, 15) is 14.0 Å². The molecule has 2 heterocycles. The molecule has 3 N–H and O–H groups in total. The molecule has 0 aliphatic rings. The van der Waals surface area contributed by atoms with E-state index in [4.69, 9.17) is 0 Å². The predicted molar refractivity (Wildman–Crippen MR) is 98.4 cm³/mol. The highest BCUT2D eigenvalue weighted by molar-refractivity contribution is 5.88. The number of nitrogens with one attached hydrogen (secondary N) is 3. The summed E-state index contributed by atoms with van der Waals surface area (Å²) < 4.78 is 14.3.